The SMILES string of the molecule is Cn1cc(CON)c2cccc(Cl)c21. The molecule has 1 aromatic carbocycles. The molecule has 2 rings (SSSR count). The molecule has 0 saturated heterocycles. The molecule has 0 amide bonds. The van der Waals surface area contributed by atoms with E-state index in [9.17, 15) is 0 Å². The minimum Gasteiger partial charge on any atom is -0.349 e. The van der Waals surface area contributed by atoms with E-state index in [1.165, 1.54) is 0 Å². The summed E-state index contributed by atoms with van der Waals surface area (Å²) in [5.74, 6) is 5.06. The van der Waals surface area contributed by atoms with Gasteiger partial charge in [0.2, 0.25) is 0 Å². The van der Waals surface area contributed by atoms with Crippen LogP contribution in [0.25, 0.3) is 10.9 Å². The Morgan fingerprint density at radius 2 is 2.29 bits per heavy atom. The Morgan fingerprint density at radius 1 is 1.50 bits per heavy atom. The maximum atomic E-state index is 6.08. The van der Waals surface area contributed by atoms with Crippen LogP contribution in [0.3, 0.4) is 0 Å². The molecule has 0 unspecified atom stereocenters. The fourth-order valence-corrected chi connectivity index (χ4v) is 2.01. The fourth-order valence-electron chi connectivity index (χ4n) is 1.71. The van der Waals surface area contributed by atoms with Crippen molar-refractivity contribution in [2.45, 2.75) is 6.61 Å². The average Bonchev–Trinajstić information content (AvgIpc) is 2.46. The molecule has 0 spiro atoms. The predicted octanol–water partition coefficient (Wildman–Crippen LogP) is 2.22. The van der Waals surface area contributed by atoms with Gasteiger partial charge < -0.3 is 4.57 Å². The van der Waals surface area contributed by atoms with E-state index in [1.54, 1.807) is 0 Å². The van der Waals surface area contributed by atoms with Gasteiger partial charge in [0, 0.05) is 24.2 Å². The predicted molar refractivity (Wildman–Crippen MR) is 56.9 cm³/mol. The van der Waals surface area contributed by atoms with Crippen molar-refractivity contribution in [1.29, 1.82) is 0 Å². The van der Waals surface area contributed by atoms with Crippen LogP contribution in [0.1, 0.15) is 5.56 Å². The topological polar surface area (TPSA) is 40.2 Å². The Morgan fingerprint density at radius 3 is 3.00 bits per heavy atom. The molecule has 14 heavy (non-hydrogen) atoms. The third-order valence-electron chi connectivity index (χ3n) is 2.27. The van der Waals surface area contributed by atoms with Crippen LogP contribution in [-0.4, -0.2) is 4.57 Å². The van der Waals surface area contributed by atoms with Crippen molar-refractivity contribution in [2.24, 2.45) is 12.9 Å². The molecular formula is C10H11ClN2O. The van der Waals surface area contributed by atoms with Crippen LogP contribution in [-0.2, 0) is 18.5 Å². The zero-order valence-electron chi connectivity index (χ0n) is 7.83. The van der Waals surface area contributed by atoms with E-state index in [0.717, 1.165) is 21.5 Å². The van der Waals surface area contributed by atoms with Crippen LogP contribution < -0.4 is 5.90 Å². The van der Waals surface area contributed by atoms with E-state index in [1.807, 2.05) is 36.0 Å². The summed E-state index contributed by atoms with van der Waals surface area (Å²) in [7, 11) is 1.95. The number of fused-ring (bicyclic) bond motifs is 1. The Bertz CT molecular complexity index is 464. The number of nitrogens with zero attached hydrogens (tertiary/aromatic N) is 1. The summed E-state index contributed by atoms with van der Waals surface area (Å²) in [6.45, 7) is 0.400. The molecule has 0 saturated carbocycles. The van der Waals surface area contributed by atoms with E-state index in [2.05, 4.69) is 4.84 Å². The smallest absolute Gasteiger partial charge is 0.0950 e. The number of hydrogen-bond donors (Lipinski definition) is 1. The van der Waals surface area contributed by atoms with Crippen molar-refractivity contribution in [1.82, 2.24) is 4.57 Å². The van der Waals surface area contributed by atoms with Crippen LogP contribution in [0.2, 0.25) is 5.02 Å². The van der Waals surface area contributed by atoms with Gasteiger partial charge in [0.1, 0.15) is 0 Å². The van der Waals surface area contributed by atoms with E-state index in [-0.39, 0.29) is 0 Å². The van der Waals surface area contributed by atoms with E-state index < -0.39 is 0 Å². The van der Waals surface area contributed by atoms with Crippen molar-refractivity contribution < 1.29 is 4.84 Å². The minimum absolute atomic E-state index is 0.400. The highest BCUT2D eigenvalue weighted by Gasteiger charge is 2.08. The molecule has 3 nitrogen and oxygen atoms in total. The molecule has 0 aliphatic heterocycles. The first-order valence-electron chi connectivity index (χ1n) is 4.28. The lowest BCUT2D eigenvalue weighted by atomic mass is 10.2. The molecule has 4 heteroatoms. The molecule has 0 aliphatic rings. The summed E-state index contributed by atoms with van der Waals surface area (Å²) < 4.78 is 1.98. The number of aromatic nitrogens is 1. The molecule has 2 aromatic rings. The van der Waals surface area contributed by atoms with Crippen molar-refractivity contribution in [3.63, 3.8) is 0 Å². The first-order valence-corrected chi connectivity index (χ1v) is 4.66. The Kier molecular flexibility index (Phi) is 2.46. The summed E-state index contributed by atoms with van der Waals surface area (Å²) in [6.07, 6.45) is 1.98. The Labute approximate surface area is 87.0 Å². The molecule has 0 fully saturated rings. The van der Waals surface area contributed by atoms with E-state index in [0.29, 0.717) is 6.61 Å². The number of halogens is 1. The van der Waals surface area contributed by atoms with Gasteiger partial charge in [-0.1, -0.05) is 23.7 Å². The number of benzene rings is 1. The minimum atomic E-state index is 0.400. The molecule has 1 aromatic heterocycles. The van der Waals surface area contributed by atoms with Gasteiger partial charge in [-0.2, -0.15) is 0 Å². The molecule has 0 radical (unpaired) electrons. The number of aryl methyl sites for hydroxylation is 1. The quantitative estimate of drug-likeness (QED) is 0.773. The summed E-state index contributed by atoms with van der Waals surface area (Å²) in [6, 6.07) is 5.80. The summed E-state index contributed by atoms with van der Waals surface area (Å²) in [5, 5.41) is 1.83. The van der Waals surface area contributed by atoms with Crippen LogP contribution in [0.15, 0.2) is 24.4 Å². The van der Waals surface area contributed by atoms with Gasteiger partial charge in [-0.25, -0.2) is 5.90 Å². The average molecular weight is 211 g/mol. The van der Waals surface area contributed by atoms with Crippen LogP contribution in [0.5, 0.6) is 0 Å². The second-order valence-electron chi connectivity index (χ2n) is 3.21. The van der Waals surface area contributed by atoms with Crippen LogP contribution >= 0.6 is 11.6 Å². The molecule has 1 heterocycles. The number of nitrogens with two attached hydrogens (primary N) is 1. The van der Waals surface area contributed by atoms with Crippen molar-refractivity contribution in [2.75, 3.05) is 0 Å². The molecule has 2 N–H and O–H groups in total. The van der Waals surface area contributed by atoms with Crippen molar-refractivity contribution >= 4 is 22.5 Å². The van der Waals surface area contributed by atoms with E-state index >= 15 is 0 Å². The Balaban J connectivity index is 2.71. The van der Waals surface area contributed by atoms with Gasteiger partial charge >= 0.3 is 0 Å². The highest BCUT2D eigenvalue weighted by atomic mass is 35.5. The second kappa shape index (κ2) is 3.61. The van der Waals surface area contributed by atoms with Crippen LogP contribution in [0, 0.1) is 0 Å². The zero-order valence-corrected chi connectivity index (χ0v) is 8.58. The monoisotopic (exact) mass is 210 g/mol. The number of para-hydroxylation sites is 1. The molecule has 74 valence electrons. The molecule has 0 atom stereocenters. The normalized spacial score (nSPS) is 11.1. The molecule has 0 aliphatic carbocycles. The molecule has 0 bridgehead atoms. The van der Waals surface area contributed by atoms with E-state index in [4.69, 9.17) is 17.5 Å². The lowest BCUT2D eigenvalue weighted by Gasteiger charge is -1.98. The van der Waals surface area contributed by atoms with Gasteiger partial charge in [-0.05, 0) is 6.07 Å². The largest absolute Gasteiger partial charge is 0.349 e. The summed E-state index contributed by atoms with van der Waals surface area (Å²) in [5.41, 5.74) is 2.06. The maximum absolute atomic E-state index is 6.08. The van der Waals surface area contributed by atoms with Gasteiger partial charge in [0.05, 0.1) is 17.1 Å². The van der Waals surface area contributed by atoms with Gasteiger partial charge in [0.25, 0.3) is 0 Å². The highest BCUT2D eigenvalue weighted by molar-refractivity contribution is 6.35. The lowest BCUT2D eigenvalue weighted by Crippen LogP contribution is -1.97. The first kappa shape index (κ1) is 9.52. The third kappa shape index (κ3) is 1.39. The van der Waals surface area contributed by atoms with Crippen LogP contribution in [0.4, 0.5) is 0 Å². The standard InChI is InChI=1S/C10H11ClN2O/c1-13-5-7(6-14-12)8-3-2-4-9(11)10(8)13/h2-5H,6,12H2,1H3. The maximum Gasteiger partial charge on any atom is 0.0950 e. The lowest BCUT2D eigenvalue weighted by molar-refractivity contribution is 0.125. The van der Waals surface area contributed by atoms with Gasteiger partial charge in [-0.15, -0.1) is 0 Å². The van der Waals surface area contributed by atoms with Gasteiger partial charge in [-0.3, -0.25) is 4.84 Å². The first-order chi connectivity index (χ1) is 6.74. The molecular weight excluding hydrogens is 200 g/mol. The summed E-state index contributed by atoms with van der Waals surface area (Å²) >= 11 is 6.08. The highest BCUT2D eigenvalue weighted by Crippen LogP contribution is 2.27. The summed E-state index contributed by atoms with van der Waals surface area (Å²) in [4.78, 5) is 4.63. The zero-order chi connectivity index (χ0) is 10.1. The van der Waals surface area contributed by atoms with Crippen molar-refractivity contribution in [3.8, 4) is 0 Å². The second-order valence-corrected chi connectivity index (χ2v) is 3.62. The number of rotatable bonds is 2. The van der Waals surface area contributed by atoms with Crippen molar-refractivity contribution in [3.05, 3.63) is 35.0 Å². The Hall–Kier alpha value is -1.03. The third-order valence-corrected chi connectivity index (χ3v) is 2.58. The fraction of sp³-hybridized carbons (Fsp3) is 0.200. The number of hydrogen-bond acceptors (Lipinski definition) is 2. The van der Waals surface area contributed by atoms with Gasteiger partial charge in [0.15, 0.2) is 0 Å².